The molecule has 116 valence electrons. The molecule has 2 rings (SSSR count). The summed E-state index contributed by atoms with van der Waals surface area (Å²) in [5.74, 6) is 0.227. The van der Waals surface area contributed by atoms with Gasteiger partial charge in [0.05, 0.1) is 19.4 Å². The molecule has 0 aliphatic carbocycles. The highest BCUT2D eigenvalue weighted by Gasteiger charge is 2.09. The Bertz CT molecular complexity index is 606. The van der Waals surface area contributed by atoms with Crippen LogP contribution in [0.5, 0.6) is 5.75 Å². The first kappa shape index (κ1) is 15.6. The predicted molar refractivity (Wildman–Crippen MR) is 80.7 cm³/mol. The Morgan fingerprint density at radius 2 is 1.91 bits per heavy atom. The summed E-state index contributed by atoms with van der Waals surface area (Å²) >= 11 is 0. The fourth-order valence-corrected chi connectivity index (χ4v) is 1.71. The molecule has 0 saturated carbocycles. The van der Waals surface area contributed by atoms with Crippen LogP contribution in [-0.2, 0) is 4.79 Å². The molecule has 1 aromatic carbocycles. The maximum Gasteiger partial charge on any atom is 0.287 e. The third-order valence-corrected chi connectivity index (χ3v) is 2.87. The molecule has 1 heterocycles. The molecule has 2 N–H and O–H groups in total. The average Bonchev–Trinajstić information content (AvgIpc) is 3.05. The summed E-state index contributed by atoms with van der Waals surface area (Å²) < 4.78 is 10.4. The summed E-state index contributed by atoms with van der Waals surface area (Å²) in [6.07, 6.45) is 1.40. The van der Waals surface area contributed by atoms with E-state index in [0.717, 1.165) is 11.3 Å². The summed E-state index contributed by atoms with van der Waals surface area (Å²) in [4.78, 5) is 23.1. The van der Waals surface area contributed by atoms with E-state index in [4.69, 9.17) is 9.15 Å². The van der Waals surface area contributed by atoms with Crippen molar-refractivity contribution in [2.75, 3.05) is 19.7 Å². The first-order valence-corrected chi connectivity index (χ1v) is 6.93. The van der Waals surface area contributed by atoms with Crippen LogP contribution in [0.1, 0.15) is 16.1 Å². The van der Waals surface area contributed by atoms with Gasteiger partial charge in [-0.2, -0.15) is 0 Å². The molecule has 0 bridgehead atoms. The zero-order chi connectivity index (χ0) is 15.8. The zero-order valence-corrected chi connectivity index (χ0v) is 12.3. The number of nitrogens with one attached hydrogen (secondary N) is 2. The van der Waals surface area contributed by atoms with Crippen LogP contribution in [0.15, 0.2) is 47.1 Å². The van der Waals surface area contributed by atoms with Crippen molar-refractivity contribution in [3.05, 3.63) is 54.0 Å². The van der Waals surface area contributed by atoms with Crippen LogP contribution in [0.25, 0.3) is 0 Å². The Hall–Kier alpha value is -2.76. The van der Waals surface area contributed by atoms with E-state index in [1.165, 1.54) is 12.3 Å². The number of rotatable bonds is 7. The molecule has 0 fully saturated rings. The molecule has 2 aromatic rings. The summed E-state index contributed by atoms with van der Waals surface area (Å²) in [5.41, 5.74) is 1.16. The van der Waals surface area contributed by atoms with Crippen LogP contribution in [0.3, 0.4) is 0 Å². The van der Waals surface area contributed by atoms with E-state index in [2.05, 4.69) is 10.6 Å². The van der Waals surface area contributed by atoms with E-state index < -0.39 is 5.91 Å². The molecule has 0 saturated heterocycles. The van der Waals surface area contributed by atoms with Crippen LogP contribution >= 0.6 is 0 Å². The van der Waals surface area contributed by atoms with Gasteiger partial charge in [-0.3, -0.25) is 9.59 Å². The van der Waals surface area contributed by atoms with Gasteiger partial charge in [-0.15, -0.1) is 0 Å². The lowest BCUT2D eigenvalue weighted by Crippen LogP contribution is -2.38. The second kappa shape index (κ2) is 7.87. The lowest BCUT2D eigenvalue weighted by atomic mass is 10.2. The van der Waals surface area contributed by atoms with Gasteiger partial charge >= 0.3 is 0 Å². The molecular weight excluding hydrogens is 284 g/mol. The number of ether oxygens (including phenoxy) is 1. The van der Waals surface area contributed by atoms with Gasteiger partial charge in [0.1, 0.15) is 12.4 Å². The lowest BCUT2D eigenvalue weighted by Gasteiger charge is -2.08. The fourth-order valence-electron chi connectivity index (χ4n) is 1.71. The van der Waals surface area contributed by atoms with E-state index in [1.807, 2.05) is 31.2 Å². The van der Waals surface area contributed by atoms with E-state index in [-0.39, 0.29) is 18.2 Å². The molecule has 2 amide bonds. The molecule has 0 aliphatic rings. The molecule has 22 heavy (non-hydrogen) atoms. The number of furan rings is 1. The average molecular weight is 302 g/mol. The first-order chi connectivity index (χ1) is 10.6. The van der Waals surface area contributed by atoms with Crippen molar-refractivity contribution >= 4 is 11.8 Å². The Morgan fingerprint density at radius 3 is 2.59 bits per heavy atom. The van der Waals surface area contributed by atoms with Crippen molar-refractivity contribution in [1.82, 2.24) is 10.6 Å². The molecule has 6 heteroatoms. The summed E-state index contributed by atoms with van der Waals surface area (Å²) in [5, 5.41) is 5.12. The monoisotopic (exact) mass is 302 g/mol. The number of aryl methyl sites for hydroxylation is 1. The van der Waals surface area contributed by atoms with Crippen molar-refractivity contribution in [2.24, 2.45) is 0 Å². The fraction of sp³-hybridized carbons (Fsp3) is 0.250. The molecule has 0 aliphatic heterocycles. The van der Waals surface area contributed by atoms with Crippen molar-refractivity contribution < 1.29 is 18.7 Å². The van der Waals surface area contributed by atoms with Gasteiger partial charge in [0, 0.05) is 0 Å². The zero-order valence-electron chi connectivity index (χ0n) is 12.3. The van der Waals surface area contributed by atoms with Gasteiger partial charge in [0.2, 0.25) is 5.91 Å². The van der Waals surface area contributed by atoms with Gasteiger partial charge in [-0.25, -0.2) is 0 Å². The smallest absolute Gasteiger partial charge is 0.287 e. The summed E-state index contributed by atoms with van der Waals surface area (Å²) in [6.45, 7) is 2.62. The van der Waals surface area contributed by atoms with Crippen molar-refractivity contribution in [3.8, 4) is 5.75 Å². The molecule has 1 aromatic heterocycles. The SMILES string of the molecule is Cc1ccc(OCCNC(=O)CNC(=O)c2ccco2)cc1. The van der Waals surface area contributed by atoms with Crippen molar-refractivity contribution in [2.45, 2.75) is 6.92 Å². The highest BCUT2D eigenvalue weighted by Crippen LogP contribution is 2.10. The highest BCUT2D eigenvalue weighted by atomic mass is 16.5. The van der Waals surface area contributed by atoms with Gasteiger partial charge < -0.3 is 19.8 Å². The van der Waals surface area contributed by atoms with Crippen LogP contribution in [0.4, 0.5) is 0 Å². The summed E-state index contributed by atoms with van der Waals surface area (Å²) in [6, 6.07) is 10.8. The topological polar surface area (TPSA) is 80.6 Å². The second-order valence-electron chi connectivity index (χ2n) is 4.67. The minimum Gasteiger partial charge on any atom is -0.492 e. The van der Waals surface area contributed by atoms with Crippen LogP contribution < -0.4 is 15.4 Å². The normalized spacial score (nSPS) is 10.0. The number of carbonyl (C=O) groups excluding carboxylic acids is 2. The van der Waals surface area contributed by atoms with Crippen molar-refractivity contribution in [1.29, 1.82) is 0 Å². The first-order valence-electron chi connectivity index (χ1n) is 6.93. The Labute approximate surface area is 128 Å². The lowest BCUT2D eigenvalue weighted by molar-refractivity contribution is -0.120. The molecule has 0 atom stereocenters. The third-order valence-electron chi connectivity index (χ3n) is 2.87. The quantitative estimate of drug-likeness (QED) is 0.760. The van der Waals surface area contributed by atoms with Gasteiger partial charge in [-0.1, -0.05) is 17.7 Å². The maximum atomic E-state index is 11.6. The Morgan fingerprint density at radius 1 is 1.14 bits per heavy atom. The molecule has 6 nitrogen and oxygen atoms in total. The number of carbonyl (C=O) groups is 2. The number of hydrogen-bond donors (Lipinski definition) is 2. The third kappa shape index (κ3) is 4.97. The largest absolute Gasteiger partial charge is 0.492 e. The molecular formula is C16H18N2O4. The van der Waals surface area contributed by atoms with Crippen LogP contribution in [0.2, 0.25) is 0 Å². The predicted octanol–water partition coefficient (Wildman–Crippen LogP) is 1.51. The number of amides is 2. The van der Waals surface area contributed by atoms with E-state index in [9.17, 15) is 9.59 Å². The van der Waals surface area contributed by atoms with Crippen LogP contribution in [-0.4, -0.2) is 31.5 Å². The Kier molecular flexibility index (Phi) is 5.59. The summed E-state index contributed by atoms with van der Waals surface area (Å²) in [7, 11) is 0. The maximum absolute atomic E-state index is 11.6. The highest BCUT2D eigenvalue weighted by molar-refractivity contribution is 5.94. The van der Waals surface area contributed by atoms with Crippen molar-refractivity contribution in [3.63, 3.8) is 0 Å². The van der Waals surface area contributed by atoms with E-state index in [1.54, 1.807) is 6.07 Å². The number of hydrogen-bond acceptors (Lipinski definition) is 4. The van der Waals surface area contributed by atoms with E-state index >= 15 is 0 Å². The molecule has 0 unspecified atom stereocenters. The van der Waals surface area contributed by atoms with E-state index in [0.29, 0.717) is 13.2 Å². The molecule has 0 spiro atoms. The standard InChI is InChI=1S/C16H18N2O4/c1-12-4-6-13(7-5-12)21-10-8-17-15(19)11-18-16(20)14-3-2-9-22-14/h2-7,9H,8,10-11H2,1H3,(H,17,19)(H,18,20). The minimum absolute atomic E-state index is 0.107. The van der Waals surface area contributed by atoms with Gasteiger partial charge in [0.25, 0.3) is 5.91 Å². The van der Waals surface area contributed by atoms with Gasteiger partial charge in [-0.05, 0) is 31.2 Å². The minimum atomic E-state index is -0.420. The van der Waals surface area contributed by atoms with Crippen LogP contribution in [0, 0.1) is 6.92 Å². The second-order valence-corrected chi connectivity index (χ2v) is 4.67. The Balaban J connectivity index is 1.59. The van der Waals surface area contributed by atoms with Gasteiger partial charge in [0.15, 0.2) is 5.76 Å². The number of benzene rings is 1. The molecule has 0 radical (unpaired) electrons.